The molecule has 20 heavy (non-hydrogen) atoms. The molecule has 0 unspecified atom stereocenters. The Morgan fingerprint density at radius 1 is 1.25 bits per heavy atom. The smallest absolute Gasteiger partial charge is 0.330 e. The Hall–Kier alpha value is -1.56. The SMILES string of the molecule is CCCN(CC(F)(F)F)C(=O)c1ccc(CCN)cc1. The number of nitrogens with zero attached hydrogens (tertiary/aromatic N) is 1. The zero-order chi connectivity index (χ0) is 15.2. The van der Waals surface area contributed by atoms with E-state index in [2.05, 4.69) is 0 Å². The van der Waals surface area contributed by atoms with Gasteiger partial charge in [-0.15, -0.1) is 0 Å². The lowest BCUT2D eigenvalue weighted by atomic mass is 10.1. The van der Waals surface area contributed by atoms with Crippen LogP contribution in [0.1, 0.15) is 29.3 Å². The molecule has 0 saturated heterocycles. The second-order valence-corrected chi connectivity index (χ2v) is 4.58. The Balaban J connectivity index is 2.83. The van der Waals surface area contributed by atoms with Gasteiger partial charge in [-0.25, -0.2) is 0 Å². The van der Waals surface area contributed by atoms with Crippen molar-refractivity contribution in [3.8, 4) is 0 Å². The van der Waals surface area contributed by atoms with Gasteiger partial charge in [0.1, 0.15) is 6.54 Å². The molecule has 0 fully saturated rings. The topological polar surface area (TPSA) is 46.3 Å². The molecule has 1 amide bonds. The maximum absolute atomic E-state index is 12.5. The first-order chi connectivity index (χ1) is 9.37. The van der Waals surface area contributed by atoms with E-state index in [4.69, 9.17) is 5.73 Å². The fraction of sp³-hybridized carbons (Fsp3) is 0.500. The fourth-order valence-electron chi connectivity index (χ4n) is 1.90. The lowest BCUT2D eigenvalue weighted by molar-refractivity contribution is -0.140. The van der Waals surface area contributed by atoms with Crippen molar-refractivity contribution in [2.75, 3.05) is 19.6 Å². The van der Waals surface area contributed by atoms with Gasteiger partial charge in [-0.05, 0) is 37.1 Å². The summed E-state index contributed by atoms with van der Waals surface area (Å²) in [5.41, 5.74) is 6.64. The van der Waals surface area contributed by atoms with Crippen LogP contribution in [0.3, 0.4) is 0 Å². The molecule has 0 bridgehead atoms. The summed E-state index contributed by atoms with van der Waals surface area (Å²) in [6.07, 6.45) is -3.23. The highest BCUT2D eigenvalue weighted by atomic mass is 19.4. The second kappa shape index (κ2) is 7.28. The van der Waals surface area contributed by atoms with E-state index in [0.29, 0.717) is 19.4 Å². The van der Waals surface area contributed by atoms with Gasteiger partial charge in [-0.1, -0.05) is 19.1 Å². The Morgan fingerprint density at radius 2 is 1.85 bits per heavy atom. The van der Waals surface area contributed by atoms with Gasteiger partial charge in [0.25, 0.3) is 5.91 Å². The molecule has 0 spiro atoms. The minimum Gasteiger partial charge on any atom is -0.330 e. The minimum atomic E-state index is -4.38. The van der Waals surface area contributed by atoms with Gasteiger partial charge >= 0.3 is 6.18 Å². The van der Waals surface area contributed by atoms with Crippen LogP contribution in [-0.4, -0.2) is 36.6 Å². The molecule has 0 atom stereocenters. The van der Waals surface area contributed by atoms with Gasteiger partial charge in [0.15, 0.2) is 0 Å². The second-order valence-electron chi connectivity index (χ2n) is 4.58. The first-order valence-corrected chi connectivity index (χ1v) is 6.52. The van der Waals surface area contributed by atoms with Crippen LogP contribution in [0.4, 0.5) is 13.2 Å². The lowest BCUT2D eigenvalue weighted by Gasteiger charge is -2.23. The molecule has 0 radical (unpaired) electrons. The van der Waals surface area contributed by atoms with Gasteiger partial charge in [0, 0.05) is 12.1 Å². The molecule has 0 aliphatic carbocycles. The van der Waals surface area contributed by atoms with Crippen LogP contribution in [0.2, 0.25) is 0 Å². The summed E-state index contributed by atoms with van der Waals surface area (Å²) in [7, 11) is 0. The summed E-state index contributed by atoms with van der Waals surface area (Å²) in [6, 6.07) is 6.54. The van der Waals surface area contributed by atoms with Crippen molar-refractivity contribution in [2.45, 2.75) is 25.9 Å². The Kier molecular flexibility index (Phi) is 6.01. The molecule has 0 heterocycles. The highest BCUT2D eigenvalue weighted by Gasteiger charge is 2.32. The monoisotopic (exact) mass is 288 g/mol. The van der Waals surface area contributed by atoms with E-state index in [1.165, 1.54) is 0 Å². The van der Waals surface area contributed by atoms with Crippen molar-refractivity contribution in [1.29, 1.82) is 0 Å². The Labute approximate surface area is 116 Å². The first kappa shape index (κ1) is 16.5. The number of carbonyl (C=O) groups excluding carboxylic acids is 1. The lowest BCUT2D eigenvalue weighted by Crippen LogP contribution is -2.39. The third kappa shape index (κ3) is 5.21. The third-order valence-corrected chi connectivity index (χ3v) is 2.78. The molecule has 0 aromatic heterocycles. The molecule has 0 saturated carbocycles. The summed E-state index contributed by atoms with van der Waals surface area (Å²) < 4.78 is 37.4. The quantitative estimate of drug-likeness (QED) is 0.874. The number of halogens is 3. The molecule has 3 nitrogen and oxygen atoms in total. The zero-order valence-electron chi connectivity index (χ0n) is 11.4. The van der Waals surface area contributed by atoms with E-state index in [1.807, 2.05) is 0 Å². The van der Waals surface area contributed by atoms with E-state index >= 15 is 0 Å². The number of hydrogen-bond donors (Lipinski definition) is 1. The van der Waals surface area contributed by atoms with Crippen LogP contribution in [0, 0.1) is 0 Å². The van der Waals surface area contributed by atoms with Crippen molar-refractivity contribution < 1.29 is 18.0 Å². The number of amides is 1. The van der Waals surface area contributed by atoms with Gasteiger partial charge in [-0.2, -0.15) is 13.2 Å². The molecule has 1 rings (SSSR count). The maximum Gasteiger partial charge on any atom is 0.406 e. The predicted molar refractivity (Wildman–Crippen MR) is 71.4 cm³/mol. The summed E-state index contributed by atoms with van der Waals surface area (Å²) in [6.45, 7) is 1.09. The van der Waals surface area contributed by atoms with Crippen LogP contribution in [0.5, 0.6) is 0 Å². The number of rotatable bonds is 6. The molecule has 0 aliphatic rings. The summed E-state index contributed by atoms with van der Waals surface area (Å²) in [4.78, 5) is 12.9. The van der Waals surface area contributed by atoms with Crippen molar-refractivity contribution in [2.24, 2.45) is 5.73 Å². The fourth-order valence-corrected chi connectivity index (χ4v) is 1.90. The van der Waals surface area contributed by atoms with Crippen molar-refractivity contribution in [3.63, 3.8) is 0 Å². The van der Waals surface area contributed by atoms with Crippen LogP contribution in [-0.2, 0) is 6.42 Å². The third-order valence-electron chi connectivity index (χ3n) is 2.78. The summed E-state index contributed by atoms with van der Waals surface area (Å²) >= 11 is 0. The minimum absolute atomic E-state index is 0.0862. The normalized spacial score (nSPS) is 11.4. The predicted octanol–water partition coefficient (Wildman–Crippen LogP) is 2.60. The van der Waals surface area contributed by atoms with Crippen molar-refractivity contribution >= 4 is 5.91 Å². The molecular formula is C14H19F3N2O. The number of nitrogens with two attached hydrogens (primary N) is 1. The molecule has 112 valence electrons. The maximum atomic E-state index is 12.5. The average molecular weight is 288 g/mol. The van der Waals surface area contributed by atoms with Gasteiger partial charge < -0.3 is 10.6 Å². The molecule has 0 aliphatic heterocycles. The molecular weight excluding hydrogens is 269 g/mol. The summed E-state index contributed by atoms with van der Waals surface area (Å²) in [5, 5.41) is 0. The zero-order valence-corrected chi connectivity index (χ0v) is 11.4. The molecule has 6 heteroatoms. The van der Waals surface area contributed by atoms with E-state index < -0.39 is 18.6 Å². The standard InChI is InChI=1S/C14H19F3N2O/c1-2-9-19(10-14(15,16)17)13(20)12-5-3-11(4-6-12)7-8-18/h3-6H,2,7-10,18H2,1H3. The highest BCUT2D eigenvalue weighted by molar-refractivity contribution is 5.94. The van der Waals surface area contributed by atoms with Crippen LogP contribution in [0.15, 0.2) is 24.3 Å². The van der Waals surface area contributed by atoms with E-state index in [0.717, 1.165) is 10.5 Å². The number of carbonyl (C=O) groups is 1. The van der Waals surface area contributed by atoms with E-state index in [1.54, 1.807) is 31.2 Å². The van der Waals surface area contributed by atoms with Gasteiger partial charge in [0.05, 0.1) is 0 Å². The van der Waals surface area contributed by atoms with Gasteiger partial charge in [-0.3, -0.25) is 4.79 Å². The average Bonchev–Trinajstić information content (AvgIpc) is 2.37. The van der Waals surface area contributed by atoms with Crippen LogP contribution < -0.4 is 5.73 Å². The first-order valence-electron chi connectivity index (χ1n) is 6.52. The Bertz CT molecular complexity index is 429. The number of alkyl halides is 3. The van der Waals surface area contributed by atoms with Crippen LogP contribution in [0.25, 0.3) is 0 Å². The van der Waals surface area contributed by atoms with Gasteiger partial charge in [0.2, 0.25) is 0 Å². The summed E-state index contributed by atoms with van der Waals surface area (Å²) in [5.74, 6) is -0.594. The molecule has 1 aromatic carbocycles. The largest absolute Gasteiger partial charge is 0.406 e. The number of benzene rings is 1. The molecule has 1 aromatic rings. The van der Waals surface area contributed by atoms with Crippen molar-refractivity contribution in [1.82, 2.24) is 4.90 Å². The van der Waals surface area contributed by atoms with Crippen molar-refractivity contribution in [3.05, 3.63) is 35.4 Å². The van der Waals surface area contributed by atoms with E-state index in [-0.39, 0.29) is 12.1 Å². The highest BCUT2D eigenvalue weighted by Crippen LogP contribution is 2.18. The number of hydrogen-bond acceptors (Lipinski definition) is 2. The van der Waals surface area contributed by atoms with Crippen LogP contribution >= 0.6 is 0 Å². The molecule has 2 N–H and O–H groups in total. The van der Waals surface area contributed by atoms with E-state index in [9.17, 15) is 18.0 Å². The Morgan fingerprint density at radius 3 is 2.30 bits per heavy atom.